The zero-order chi connectivity index (χ0) is 6.91. The molecule has 9 heavy (non-hydrogen) atoms. The highest BCUT2D eigenvalue weighted by Gasteiger charge is 2.29. The molecule has 0 aromatic heterocycles. The minimum Gasteiger partial charge on any atom is -0.362 e. The molecular formula is C6H12FNO. The van der Waals surface area contributed by atoms with Crippen LogP contribution in [0.5, 0.6) is 0 Å². The smallest absolute Gasteiger partial charge is 0.209 e. The van der Waals surface area contributed by atoms with Crippen molar-refractivity contribution in [2.75, 3.05) is 20.1 Å². The maximum Gasteiger partial charge on any atom is 0.209 e. The molecule has 0 unspecified atom stereocenters. The first-order valence-electron chi connectivity index (χ1n) is 3.20. The molecule has 54 valence electrons. The van der Waals surface area contributed by atoms with Crippen LogP contribution in [0, 0.1) is 0 Å². The Hall–Kier alpha value is -0.150. The second-order valence-corrected chi connectivity index (χ2v) is 2.72. The van der Waals surface area contributed by atoms with Crippen LogP contribution in [0.15, 0.2) is 0 Å². The van der Waals surface area contributed by atoms with Crippen molar-refractivity contribution in [3.05, 3.63) is 0 Å². The molecule has 1 saturated heterocycles. The van der Waals surface area contributed by atoms with E-state index in [-0.39, 0.29) is 12.8 Å². The highest BCUT2D eigenvalue weighted by atomic mass is 19.2. The van der Waals surface area contributed by atoms with Crippen LogP contribution in [0.1, 0.15) is 12.8 Å². The summed E-state index contributed by atoms with van der Waals surface area (Å²) in [5.74, 6) is -1.88. The lowest BCUT2D eigenvalue weighted by Crippen LogP contribution is -2.39. The molecule has 0 spiro atoms. The van der Waals surface area contributed by atoms with E-state index in [9.17, 15) is 4.39 Å². The lowest BCUT2D eigenvalue weighted by molar-refractivity contribution is -0.123. The summed E-state index contributed by atoms with van der Waals surface area (Å²) in [6.07, 6.45) is 0.507. The van der Waals surface area contributed by atoms with Crippen molar-refractivity contribution in [2.24, 2.45) is 0 Å². The summed E-state index contributed by atoms with van der Waals surface area (Å²) in [5, 5.41) is 8.80. The van der Waals surface area contributed by atoms with Gasteiger partial charge in [-0.25, -0.2) is 4.39 Å². The second-order valence-electron chi connectivity index (χ2n) is 2.72. The van der Waals surface area contributed by atoms with E-state index >= 15 is 0 Å². The van der Waals surface area contributed by atoms with E-state index in [1.807, 2.05) is 11.9 Å². The summed E-state index contributed by atoms with van der Waals surface area (Å²) in [6.45, 7) is 1.32. The molecule has 2 nitrogen and oxygen atoms in total. The monoisotopic (exact) mass is 133 g/mol. The molecule has 0 atom stereocenters. The van der Waals surface area contributed by atoms with Gasteiger partial charge >= 0.3 is 0 Å². The van der Waals surface area contributed by atoms with Crippen LogP contribution in [-0.4, -0.2) is 36.0 Å². The molecule has 1 aliphatic heterocycles. The Morgan fingerprint density at radius 3 is 2.22 bits per heavy atom. The number of piperidine rings is 1. The largest absolute Gasteiger partial charge is 0.362 e. The van der Waals surface area contributed by atoms with Crippen LogP contribution >= 0.6 is 0 Å². The van der Waals surface area contributed by atoms with Crippen LogP contribution < -0.4 is 0 Å². The molecule has 0 amide bonds. The van der Waals surface area contributed by atoms with Gasteiger partial charge in [0.2, 0.25) is 5.85 Å². The third-order valence-electron chi connectivity index (χ3n) is 1.75. The van der Waals surface area contributed by atoms with E-state index in [0.29, 0.717) is 13.1 Å². The lowest BCUT2D eigenvalue weighted by atomic mass is 10.1. The highest BCUT2D eigenvalue weighted by Crippen LogP contribution is 2.21. The second kappa shape index (κ2) is 2.23. The molecule has 3 heteroatoms. The Labute approximate surface area is 54.3 Å². The first-order chi connectivity index (χ1) is 4.10. The van der Waals surface area contributed by atoms with E-state index in [1.165, 1.54) is 0 Å². The fourth-order valence-corrected chi connectivity index (χ4v) is 0.961. The molecule has 0 aromatic rings. The Kier molecular flexibility index (Phi) is 1.73. The number of aliphatic hydroxyl groups is 1. The van der Waals surface area contributed by atoms with Crippen LogP contribution in [0.3, 0.4) is 0 Å². The molecule has 0 aliphatic carbocycles. The summed E-state index contributed by atoms with van der Waals surface area (Å²) >= 11 is 0. The summed E-state index contributed by atoms with van der Waals surface area (Å²) in [7, 11) is 1.93. The zero-order valence-electron chi connectivity index (χ0n) is 5.60. The number of rotatable bonds is 0. The van der Waals surface area contributed by atoms with Crippen molar-refractivity contribution < 1.29 is 9.50 Å². The molecule has 0 aromatic carbocycles. The highest BCUT2D eigenvalue weighted by molar-refractivity contribution is 4.74. The number of nitrogens with zero attached hydrogens (tertiary/aromatic N) is 1. The normalized spacial score (nSPS) is 28.3. The van der Waals surface area contributed by atoms with E-state index in [2.05, 4.69) is 0 Å². The van der Waals surface area contributed by atoms with Crippen molar-refractivity contribution >= 4 is 0 Å². The standard InChI is InChI=1S/C6H12FNO/c1-8-4-2-6(7,9)3-5-8/h9H,2-5H2,1H3. The van der Waals surface area contributed by atoms with Crippen molar-refractivity contribution in [3.63, 3.8) is 0 Å². The predicted molar refractivity (Wildman–Crippen MR) is 32.8 cm³/mol. The number of alkyl halides is 1. The maximum atomic E-state index is 12.6. The Balaban J connectivity index is 2.35. The number of halogens is 1. The van der Waals surface area contributed by atoms with E-state index in [1.54, 1.807) is 0 Å². The van der Waals surface area contributed by atoms with Gasteiger partial charge in [0.1, 0.15) is 0 Å². The third kappa shape index (κ3) is 1.91. The van der Waals surface area contributed by atoms with Gasteiger partial charge in [-0.1, -0.05) is 0 Å². The van der Waals surface area contributed by atoms with Gasteiger partial charge in [-0.05, 0) is 7.05 Å². The molecule has 1 heterocycles. The first-order valence-corrected chi connectivity index (χ1v) is 3.20. The number of hydrogen-bond acceptors (Lipinski definition) is 2. The fraction of sp³-hybridized carbons (Fsp3) is 1.00. The fourth-order valence-electron chi connectivity index (χ4n) is 0.961. The van der Waals surface area contributed by atoms with Gasteiger partial charge in [-0.15, -0.1) is 0 Å². The van der Waals surface area contributed by atoms with Crippen molar-refractivity contribution in [2.45, 2.75) is 18.7 Å². The van der Waals surface area contributed by atoms with Crippen LogP contribution in [0.25, 0.3) is 0 Å². The lowest BCUT2D eigenvalue weighted by Gasteiger charge is -2.29. The molecule has 1 N–H and O–H groups in total. The summed E-state index contributed by atoms with van der Waals surface area (Å²) in [5.41, 5.74) is 0. The Bertz CT molecular complexity index is 95.2. The SMILES string of the molecule is CN1CCC(O)(F)CC1. The zero-order valence-corrected chi connectivity index (χ0v) is 5.60. The summed E-state index contributed by atoms with van der Waals surface area (Å²) < 4.78 is 12.6. The van der Waals surface area contributed by atoms with Gasteiger partial charge in [-0.2, -0.15) is 0 Å². The molecule has 1 aliphatic rings. The van der Waals surface area contributed by atoms with Gasteiger partial charge in [0.15, 0.2) is 0 Å². The molecule has 0 saturated carbocycles. The average molecular weight is 133 g/mol. The molecule has 0 radical (unpaired) electrons. The number of likely N-dealkylation sites (tertiary alicyclic amines) is 1. The van der Waals surface area contributed by atoms with Gasteiger partial charge < -0.3 is 10.0 Å². The van der Waals surface area contributed by atoms with Crippen molar-refractivity contribution in [1.29, 1.82) is 0 Å². The minimum atomic E-state index is -1.88. The Morgan fingerprint density at radius 1 is 1.44 bits per heavy atom. The molecule has 1 rings (SSSR count). The van der Waals surface area contributed by atoms with Crippen LogP contribution in [0.2, 0.25) is 0 Å². The van der Waals surface area contributed by atoms with Gasteiger partial charge in [0.05, 0.1) is 0 Å². The van der Waals surface area contributed by atoms with Crippen molar-refractivity contribution in [3.8, 4) is 0 Å². The summed E-state index contributed by atoms with van der Waals surface area (Å²) in [6, 6.07) is 0. The van der Waals surface area contributed by atoms with Crippen LogP contribution in [-0.2, 0) is 0 Å². The van der Waals surface area contributed by atoms with Crippen molar-refractivity contribution in [1.82, 2.24) is 4.90 Å². The van der Waals surface area contributed by atoms with E-state index < -0.39 is 5.85 Å². The van der Waals surface area contributed by atoms with E-state index in [0.717, 1.165) is 0 Å². The van der Waals surface area contributed by atoms with Gasteiger partial charge in [-0.3, -0.25) is 0 Å². The minimum absolute atomic E-state index is 0.253. The number of hydrogen-bond donors (Lipinski definition) is 1. The van der Waals surface area contributed by atoms with E-state index in [4.69, 9.17) is 5.11 Å². The topological polar surface area (TPSA) is 23.5 Å². The molecular weight excluding hydrogens is 121 g/mol. The average Bonchev–Trinajstić information content (AvgIpc) is 1.78. The summed E-state index contributed by atoms with van der Waals surface area (Å²) in [4.78, 5) is 2.01. The quantitative estimate of drug-likeness (QED) is 0.516. The van der Waals surface area contributed by atoms with Gasteiger partial charge in [0.25, 0.3) is 0 Å². The van der Waals surface area contributed by atoms with Gasteiger partial charge in [0, 0.05) is 25.9 Å². The predicted octanol–water partition coefficient (Wildman–Crippen LogP) is 0.370. The third-order valence-corrected chi connectivity index (χ3v) is 1.75. The molecule has 1 fully saturated rings. The maximum absolute atomic E-state index is 12.6. The van der Waals surface area contributed by atoms with Crippen LogP contribution in [0.4, 0.5) is 4.39 Å². The molecule has 0 bridgehead atoms. The first kappa shape index (κ1) is 6.96. The Morgan fingerprint density at radius 2 is 1.89 bits per heavy atom.